The molecule has 2 rings (SSSR count). The Bertz CT molecular complexity index is 765. The summed E-state index contributed by atoms with van der Waals surface area (Å²) in [5.41, 5.74) is 0.166. The fraction of sp³-hybridized carbons (Fsp3) is 0.500. The second-order valence-electron chi connectivity index (χ2n) is 6.69. The fourth-order valence-corrected chi connectivity index (χ4v) is 2.55. The topological polar surface area (TPSA) is 67.2 Å². The van der Waals surface area contributed by atoms with Crippen LogP contribution in [0.15, 0.2) is 29.1 Å². The van der Waals surface area contributed by atoms with Crippen LogP contribution >= 0.6 is 0 Å². The molecule has 1 aromatic carbocycles. The van der Waals surface area contributed by atoms with E-state index >= 15 is 0 Å². The van der Waals surface area contributed by atoms with Crippen molar-refractivity contribution in [2.75, 3.05) is 27.2 Å². The zero-order chi connectivity index (χ0) is 17.7. The van der Waals surface area contributed by atoms with Gasteiger partial charge in [0.25, 0.3) is 11.5 Å². The zero-order valence-corrected chi connectivity index (χ0v) is 14.9. The Kier molecular flexibility index (Phi) is 6.09. The molecule has 1 N–H and O–H groups in total. The van der Waals surface area contributed by atoms with Crippen molar-refractivity contribution in [3.05, 3.63) is 40.3 Å². The van der Waals surface area contributed by atoms with E-state index in [1.807, 2.05) is 40.1 Å². The lowest BCUT2D eigenvalue weighted by Crippen LogP contribution is -2.32. The monoisotopic (exact) mass is 330 g/mol. The number of fused-ring (bicyclic) bond motifs is 1. The number of carbonyl (C=O) groups is 1. The lowest BCUT2D eigenvalue weighted by Gasteiger charge is -2.13. The van der Waals surface area contributed by atoms with Gasteiger partial charge in [-0.15, -0.1) is 0 Å². The molecule has 130 valence electrons. The molecule has 0 radical (unpaired) electrons. The summed E-state index contributed by atoms with van der Waals surface area (Å²) in [4.78, 5) is 27.2. The summed E-state index contributed by atoms with van der Waals surface area (Å²) in [6.07, 6.45) is 0.863. The van der Waals surface area contributed by atoms with Crippen molar-refractivity contribution >= 4 is 16.7 Å². The van der Waals surface area contributed by atoms with Crippen LogP contribution in [0.2, 0.25) is 0 Å². The smallest absolute Gasteiger partial charge is 0.274 e. The second-order valence-corrected chi connectivity index (χ2v) is 6.69. The minimum Gasteiger partial charge on any atom is -0.351 e. The zero-order valence-electron chi connectivity index (χ0n) is 14.9. The minimum atomic E-state index is -0.234. The summed E-state index contributed by atoms with van der Waals surface area (Å²) in [7, 11) is 4.00. The number of hydrogen-bond acceptors (Lipinski definition) is 4. The highest BCUT2D eigenvalue weighted by molar-refractivity contribution is 6.04. The molecule has 0 fully saturated rings. The van der Waals surface area contributed by atoms with Gasteiger partial charge < -0.3 is 10.2 Å². The van der Waals surface area contributed by atoms with Gasteiger partial charge in [-0.2, -0.15) is 5.10 Å². The largest absolute Gasteiger partial charge is 0.351 e. The van der Waals surface area contributed by atoms with Crippen LogP contribution in [0.4, 0.5) is 0 Å². The molecule has 1 amide bonds. The number of aromatic nitrogens is 2. The maximum atomic E-state index is 12.6. The number of nitrogens with one attached hydrogen (secondary N) is 1. The first-order chi connectivity index (χ1) is 11.4. The van der Waals surface area contributed by atoms with Crippen molar-refractivity contribution in [3.8, 4) is 0 Å². The van der Waals surface area contributed by atoms with E-state index in [1.54, 1.807) is 12.1 Å². The molecule has 0 aliphatic rings. The van der Waals surface area contributed by atoms with Crippen molar-refractivity contribution in [2.24, 2.45) is 5.92 Å². The summed E-state index contributed by atoms with van der Waals surface area (Å²) in [5, 5.41) is 8.38. The molecule has 0 aliphatic carbocycles. The quantitative estimate of drug-likeness (QED) is 0.785. The lowest BCUT2D eigenvalue weighted by molar-refractivity contribution is 0.0946. The molecule has 0 saturated heterocycles. The van der Waals surface area contributed by atoms with Crippen molar-refractivity contribution in [1.82, 2.24) is 20.0 Å². The average Bonchev–Trinajstić information content (AvgIpc) is 2.53. The molecule has 1 heterocycles. The predicted octanol–water partition coefficient (Wildman–Crippen LogP) is 1.73. The minimum absolute atomic E-state index is 0.150. The molecular formula is C18H26N4O2. The molecule has 0 bridgehead atoms. The van der Waals surface area contributed by atoms with E-state index in [-0.39, 0.29) is 17.4 Å². The maximum absolute atomic E-state index is 12.6. The summed E-state index contributed by atoms with van der Waals surface area (Å²) in [5.74, 6) is 0.0369. The average molecular weight is 330 g/mol. The van der Waals surface area contributed by atoms with Gasteiger partial charge in [0, 0.05) is 18.5 Å². The van der Waals surface area contributed by atoms with Gasteiger partial charge in [0.15, 0.2) is 5.69 Å². The van der Waals surface area contributed by atoms with Gasteiger partial charge in [-0.1, -0.05) is 32.0 Å². The SMILES string of the molecule is CC(C)Cn1nc(C(=O)NCCCN(C)C)c2ccccc2c1=O. The van der Waals surface area contributed by atoms with Crippen molar-refractivity contribution < 1.29 is 4.79 Å². The Labute approximate surface area is 142 Å². The van der Waals surface area contributed by atoms with Gasteiger partial charge in [0.1, 0.15) is 0 Å². The van der Waals surface area contributed by atoms with Crippen LogP contribution in [0.1, 0.15) is 30.8 Å². The molecule has 0 spiro atoms. The van der Waals surface area contributed by atoms with Crippen LogP contribution in [0.5, 0.6) is 0 Å². The highest BCUT2D eigenvalue weighted by atomic mass is 16.2. The Morgan fingerprint density at radius 1 is 1.25 bits per heavy atom. The second kappa shape index (κ2) is 8.06. The van der Waals surface area contributed by atoms with E-state index in [9.17, 15) is 9.59 Å². The molecule has 0 atom stereocenters. The van der Waals surface area contributed by atoms with E-state index in [0.717, 1.165) is 13.0 Å². The molecular weight excluding hydrogens is 304 g/mol. The number of carbonyl (C=O) groups excluding carboxylic acids is 1. The van der Waals surface area contributed by atoms with Crippen LogP contribution < -0.4 is 10.9 Å². The van der Waals surface area contributed by atoms with Crippen LogP contribution in [-0.4, -0.2) is 47.8 Å². The molecule has 6 nitrogen and oxygen atoms in total. The maximum Gasteiger partial charge on any atom is 0.274 e. The number of amides is 1. The summed E-state index contributed by atoms with van der Waals surface area (Å²) in [6, 6.07) is 7.15. The van der Waals surface area contributed by atoms with Gasteiger partial charge in [0.2, 0.25) is 0 Å². The summed E-state index contributed by atoms with van der Waals surface area (Å²) in [6.45, 7) is 6.01. The third kappa shape index (κ3) is 4.41. The molecule has 0 unspecified atom stereocenters. The highest BCUT2D eigenvalue weighted by Crippen LogP contribution is 2.13. The Morgan fingerprint density at radius 2 is 1.92 bits per heavy atom. The number of hydrogen-bond donors (Lipinski definition) is 1. The predicted molar refractivity (Wildman–Crippen MR) is 96.3 cm³/mol. The van der Waals surface area contributed by atoms with Crippen LogP contribution in [0, 0.1) is 5.92 Å². The van der Waals surface area contributed by atoms with Crippen molar-refractivity contribution in [2.45, 2.75) is 26.8 Å². The van der Waals surface area contributed by atoms with Crippen LogP contribution in [-0.2, 0) is 6.54 Å². The van der Waals surface area contributed by atoms with Gasteiger partial charge in [-0.25, -0.2) is 4.68 Å². The fourth-order valence-electron chi connectivity index (χ4n) is 2.55. The Hall–Kier alpha value is -2.21. The molecule has 24 heavy (non-hydrogen) atoms. The van der Waals surface area contributed by atoms with Crippen LogP contribution in [0.3, 0.4) is 0 Å². The van der Waals surface area contributed by atoms with Gasteiger partial charge in [-0.05, 0) is 39.0 Å². The molecule has 1 aromatic heterocycles. The molecule has 2 aromatic rings. The van der Waals surface area contributed by atoms with Gasteiger partial charge in [0.05, 0.1) is 5.39 Å². The van der Waals surface area contributed by atoms with Crippen LogP contribution in [0.25, 0.3) is 10.8 Å². The first-order valence-electron chi connectivity index (χ1n) is 8.33. The van der Waals surface area contributed by atoms with E-state index in [2.05, 4.69) is 15.3 Å². The Morgan fingerprint density at radius 3 is 2.54 bits per heavy atom. The third-order valence-electron chi connectivity index (χ3n) is 3.69. The van der Waals surface area contributed by atoms with Gasteiger partial charge in [-0.3, -0.25) is 9.59 Å². The standard InChI is InChI=1S/C18H26N4O2/c1-13(2)12-22-18(24)15-9-6-5-8-14(15)16(20-22)17(23)19-10-7-11-21(3)4/h5-6,8-9,13H,7,10-12H2,1-4H3,(H,19,23). The van der Waals surface area contributed by atoms with E-state index in [4.69, 9.17) is 0 Å². The Balaban J connectivity index is 2.32. The van der Waals surface area contributed by atoms with E-state index in [0.29, 0.717) is 29.6 Å². The first kappa shape index (κ1) is 18.1. The molecule has 6 heteroatoms. The summed E-state index contributed by atoms with van der Waals surface area (Å²) >= 11 is 0. The number of benzene rings is 1. The molecule has 0 saturated carbocycles. The molecule has 0 aliphatic heterocycles. The normalized spacial score (nSPS) is 11.4. The van der Waals surface area contributed by atoms with Crippen molar-refractivity contribution in [1.29, 1.82) is 0 Å². The number of nitrogens with zero attached hydrogens (tertiary/aromatic N) is 3. The first-order valence-corrected chi connectivity index (χ1v) is 8.33. The van der Waals surface area contributed by atoms with Crippen molar-refractivity contribution in [3.63, 3.8) is 0 Å². The third-order valence-corrected chi connectivity index (χ3v) is 3.69. The summed E-state index contributed by atoms with van der Waals surface area (Å²) < 4.78 is 1.40. The van der Waals surface area contributed by atoms with E-state index in [1.165, 1.54) is 4.68 Å². The van der Waals surface area contributed by atoms with Gasteiger partial charge >= 0.3 is 0 Å². The number of rotatable bonds is 7. The van der Waals surface area contributed by atoms with E-state index < -0.39 is 0 Å². The lowest BCUT2D eigenvalue weighted by atomic mass is 10.1. The highest BCUT2D eigenvalue weighted by Gasteiger charge is 2.16.